The maximum absolute atomic E-state index is 15.3. The normalized spacial score (nSPS) is 18.9. The predicted molar refractivity (Wildman–Crippen MR) is 150 cm³/mol. The highest BCUT2D eigenvalue weighted by Gasteiger charge is 2.46. The molecule has 0 aliphatic carbocycles. The van der Waals surface area contributed by atoms with Crippen molar-refractivity contribution in [2.45, 2.75) is 24.4 Å². The zero-order chi connectivity index (χ0) is 28.4. The third-order valence-electron chi connectivity index (χ3n) is 7.32. The summed E-state index contributed by atoms with van der Waals surface area (Å²) in [6, 6.07) is 6.82. The van der Waals surface area contributed by atoms with Crippen molar-refractivity contribution < 1.29 is 28.5 Å². The number of amides is 1. The number of halogens is 2. The molecule has 0 saturated carbocycles. The molecule has 1 aromatic carbocycles. The quantitative estimate of drug-likeness (QED) is 0.411. The molecular formula is C28H29ClFN3O6S. The molecule has 9 nitrogen and oxygen atoms in total. The highest BCUT2D eigenvalue weighted by molar-refractivity contribution is 7.10. The van der Waals surface area contributed by atoms with Gasteiger partial charge in [-0.25, -0.2) is 4.39 Å². The molecule has 40 heavy (non-hydrogen) atoms. The number of para-hydroxylation sites is 1. The minimum atomic E-state index is -0.965. The number of benzene rings is 1. The molecular weight excluding hydrogens is 561 g/mol. The number of hydrogen-bond acceptors (Lipinski definition) is 8. The van der Waals surface area contributed by atoms with Gasteiger partial charge >= 0.3 is 0 Å². The van der Waals surface area contributed by atoms with Gasteiger partial charge in [0, 0.05) is 45.3 Å². The van der Waals surface area contributed by atoms with E-state index in [9.17, 15) is 14.7 Å². The van der Waals surface area contributed by atoms with Crippen LogP contribution >= 0.6 is 22.9 Å². The first kappa shape index (κ1) is 28.2. The third kappa shape index (κ3) is 4.87. The van der Waals surface area contributed by atoms with Crippen LogP contribution in [0.3, 0.4) is 0 Å². The second-order valence-corrected chi connectivity index (χ2v) is 10.9. The fourth-order valence-electron chi connectivity index (χ4n) is 5.32. The van der Waals surface area contributed by atoms with E-state index in [0.717, 1.165) is 0 Å². The number of hydrogen-bond donors (Lipinski definition) is 1. The lowest BCUT2D eigenvalue weighted by molar-refractivity contribution is 0.0277. The van der Waals surface area contributed by atoms with Crippen molar-refractivity contribution in [3.05, 3.63) is 91.3 Å². The molecule has 5 rings (SSSR count). The molecule has 0 fully saturated rings. The number of fused-ring (bicyclic) bond motifs is 5. The Morgan fingerprint density at radius 3 is 2.60 bits per heavy atom. The first-order valence-electron chi connectivity index (χ1n) is 12.7. The first-order chi connectivity index (χ1) is 19.3. The van der Waals surface area contributed by atoms with Gasteiger partial charge in [0.05, 0.1) is 15.4 Å². The maximum atomic E-state index is 15.3. The summed E-state index contributed by atoms with van der Waals surface area (Å²) in [6.07, 6.45) is 5.78. The molecule has 1 amide bonds. The van der Waals surface area contributed by atoms with Gasteiger partial charge in [0.2, 0.25) is 5.43 Å². The van der Waals surface area contributed by atoms with Gasteiger partial charge in [0.1, 0.15) is 19.3 Å². The van der Waals surface area contributed by atoms with E-state index in [1.165, 1.54) is 34.3 Å². The van der Waals surface area contributed by atoms with Crippen molar-refractivity contribution >= 4 is 28.8 Å². The molecule has 2 aliphatic rings. The summed E-state index contributed by atoms with van der Waals surface area (Å²) in [5.74, 6) is -1.74. The first-order valence-corrected chi connectivity index (χ1v) is 13.9. The number of carbonyl (C=O) groups excluding carboxylic acids is 1. The minimum absolute atomic E-state index is 0.000755. The molecule has 1 unspecified atom stereocenters. The lowest BCUT2D eigenvalue weighted by Crippen LogP contribution is -2.63. The van der Waals surface area contributed by atoms with Crippen molar-refractivity contribution in [2.24, 2.45) is 0 Å². The van der Waals surface area contributed by atoms with E-state index < -0.39 is 34.5 Å². The van der Waals surface area contributed by atoms with Gasteiger partial charge in [0.15, 0.2) is 23.0 Å². The number of aromatic nitrogens is 1. The van der Waals surface area contributed by atoms with Gasteiger partial charge in [-0.15, -0.1) is 11.3 Å². The Balaban J connectivity index is 1.84. The van der Waals surface area contributed by atoms with Crippen LogP contribution in [0.25, 0.3) is 0 Å². The molecule has 0 spiro atoms. The van der Waals surface area contributed by atoms with E-state index in [4.69, 9.17) is 25.8 Å². The van der Waals surface area contributed by atoms with Crippen LogP contribution in [0, 0.1) is 5.82 Å². The van der Waals surface area contributed by atoms with E-state index in [1.807, 2.05) is 11.5 Å². The summed E-state index contributed by atoms with van der Waals surface area (Å²) in [5, 5.41) is 15.0. The second-order valence-electron chi connectivity index (χ2n) is 9.53. The molecule has 3 aromatic rings. The number of carbonyl (C=O) groups is 1. The van der Waals surface area contributed by atoms with E-state index in [-0.39, 0.29) is 24.7 Å². The molecule has 2 aliphatic heterocycles. The van der Waals surface area contributed by atoms with Crippen molar-refractivity contribution in [1.29, 1.82) is 0 Å². The Morgan fingerprint density at radius 2 is 1.93 bits per heavy atom. The van der Waals surface area contributed by atoms with Crippen LogP contribution in [-0.2, 0) is 9.47 Å². The predicted octanol–water partition coefficient (Wildman–Crippen LogP) is 4.31. The van der Waals surface area contributed by atoms with Crippen molar-refractivity contribution in [1.82, 2.24) is 9.58 Å². The number of rotatable bonds is 7. The zero-order valence-electron chi connectivity index (χ0n) is 22.0. The molecule has 2 bridgehead atoms. The molecule has 0 saturated heterocycles. The lowest BCUT2D eigenvalue weighted by atomic mass is 9.88. The van der Waals surface area contributed by atoms with Gasteiger partial charge < -0.3 is 24.2 Å². The Hall–Kier alpha value is -3.38. The van der Waals surface area contributed by atoms with Gasteiger partial charge in [-0.05, 0) is 36.4 Å². The van der Waals surface area contributed by atoms with Crippen LogP contribution < -0.4 is 15.2 Å². The Bertz CT molecular complexity index is 1480. The van der Waals surface area contributed by atoms with Crippen LogP contribution in [0.15, 0.2) is 58.9 Å². The van der Waals surface area contributed by atoms with Crippen LogP contribution in [0.2, 0.25) is 5.02 Å². The summed E-state index contributed by atoms with van der Waals surface area (Å²) in [6.45, 7) is 0.641. The number of methoxy groups -OCH3 is 2. The highest BCUT2D eigenvalue weighted by Crippen LogP contribution is 2.44. The van der Waals surface area contributed by atoms with E-state index in [1.54, 1.807) is 48.4 Å². The van der Waals surface area contributed by atoms with Crippen LogP contribution in [-0.4, -0.2) is 66.8 Å². The fourth-order valence-corrected chi connectivity index (χ4v) is 6.61. The largest absolute Gasteiger partial charge is 0.502 e. The fraction of sp³-hybridized carbons (Fsp3) is 0.357. The van der Waals surface area contributed by atoms with E-state index in [2.05, 4.69) is 0 Å². The molecule has 4 heterocycles. The third-order valence-corrected chi connectivity index (χ3v) is 8.73. The SMILES string of the molecule is COCCC1(CCOC)/C=C/COc2c(F)cccc2C(c2sccc2Cl)N2CN1C(=O)c1c(O)c(=O)ccn12. The molecule has 0 radical (unpaired) electrons. The topological polar surface area (TPSA) is 93.5 Å². The van der Waals surface area contributed by atoms with Gasteiger partial charge in [0.25, 0.3) is 5.91 Å². The van der Waals surface area contributed by atoms with Crippen molar-refractivity contribution in [2.75, 3.05) is 45.7 Å². The number of aromatic hydroxyl groups is 1. The monoisotopic (exact) mass is 589 g/mol. The van der Waals surface area contributed by atoms with Gasteiger partial charge in [-0.2, -0.15) is 0 Å². The standard InChI is InChI=1S/C28H29ClFN3O6S/c1-37-14-10-28(11-15-38-2)9-4-13-39-25-18(5-3-6-20(25)30)22(26-19(29)8-16-40-26)33-17-31(28)27(36)23-24(35)21(34)7-12-32(23)33/h3-9,12,16,22,35H,10-11,13-15,17H2,1-2H3/b9-4+. The number of thiophene rings is 1. The molecule has 212 valence electrons. The van der Waals surface area contributed by atoms with Gasteiger partial charge in [-0.1, -0.05) is 29.8 Å². The Kier molecular flexibility index (Phi) is 8.18. The van der Waals surface area contributed by atoms with E-state index in [0.29, 0.717) is 41.5 Å². The maximum Gasteiger partial charge on any atom is 0.278 e. The molecule has 1 N–H and O–H groups in total. The van der Waals surface area contributed by atoms with Crippen molar-refractivity contribution in [3.63, 3.8) is 0 Å². The minimum Gasteiger partial charge on any atom is -0.502 e. The average molecular weight is 590 g/mol. The number of ether oxygens (including phenoxy) is 3. The molecule has 2 aromatic heterocycles. The lowest BCUT2D eigenvalue weighted by Gasteiger charge is -2.50. The smallest absolute Gasteiger partial charge is 0.278 e. The number of nitrogens with zero attached hydrogens (tertiary/aromatic N) is 3. The summed E-state index contributed by atoms with van der Waals surface area (Å²) in [7, 11) is 3.14. The number of pyridine rings is 1. The zero-order valence-corrected chi connectivity index (χ0v) is 23.6. The summed E-state index contributed by atoms with van der Waals surface area (Å²) >= 11 is 8.04. The summed E-state index contributed by atoms with van der Waals surface area (Å²) in [5.41, 5.74) is -1.39. The molecule has 12 heteroatoms. The Labute approximate surface area is 239 Å². The molecule has 1 atom stereocenters. The highest BCUT2D eigenvalue weighted by atomic mass is 35.5. The van der Waals surface area contributed by atoms with Crippen molar-refractivity contribution in [3.8, 4) is 11.5 Å². The van der Waals surface area contributed by atoms with Crippen LogP contribution in [0.5, 0.6) is 11.5 Å². The average Bonchev–Trinajstić information content (AvgIpc) is 3.36. The van der Waals surface area contributed by atoms with Crippen LogP contribution in [0.1, 0.15) is 39.8 Å². The summed E-state index contributed by atoms with van der Waals surface area (Å²) in [4.78, 5) is 29.1. The summed E-state index contributed by atoms with van der Waals surface area (Å²) < 4.78 is 33.7. The Morgan fingerprint density at radius 1 is 1.18 bits per heavy atom. The van der Waals surface area contributed by atoms with Gasteiger partial charge in [-0.3, -0.25) is 19.3 Å². The second kappa shape index (κ2) is 11.6. The van der Waals surface area contributed by atoms with Crippen LogP contribution in [0.4, 0.5) is 4.39 Å². The van der Waals surface area contributed by atoms with E-state index >= 15 is 4.39 Å².